The van der Waals surface area contributed by atoms with Gasteiger partial charge in [0.2, 0.25) is 11.8 Å². The van der Waals surface area contributed by atoms with Gasteiger partial charge in [-0.1, -0.05) is 23.8 Å². The van der Waals surface area contributed by atoms with Gasteiger partial charge in [0.1, 0.15) is 52.5 Å². The number of nitrogens with zero attached hydrogens (tertiary/aromatic N) is 7. The van der Waals surface area contributed by atoms with E-state index in [4.69, 9.17) is 21.3 Å². The topological polar surface area (TPSA) is 151 Å². The Kier molecular flexibility index (Phi) is 9.76. The molecule has 0 bridgehead atoms. The van der Waals surface area contributed by atoms with Crippen LogP contribution in [-0.4, -0.2) is 56.6 Å². The van der Waals surface area contributed by atoms with Crippen LogP contribution in [0.3, 0.4) is 0 Å². The molecule has 21 heteroatoms. The maximum atomic E-state index is 15.5. The number of nitrogens with one attached hydrogen (secondary N) is 2. The van der Waals surface area contributed by atoms with Crippen molar-refractivity contribution in [1.82, 2.24) is 39.4 Å². The third-order valence-corrected chi connectivity index (χ3v) is 11.6. The zero-order valence-electron chi connectivity index (χ0n) is 31.4. The number of halogens is 7. The Hall–Kier alpha value is -5.76. The standard InChI is InChI=1S/C39H32ClF6N9O4S/c1-53-32-26(9-8-24(40)30(32)36(51-53)52-60(2)58)55-37(49-35-21(38(55)57)7-10-28(48-35)59-20-5-3-4-6-20)25(13-17-11-18(41)14-19(42)12-17)47-27(56)16-54-33-29(31(50-54)34(43)44)22-15-23(22)39(33,45)46/h3-4,7-12,14,20,22-23,25,34H,5-6,13,15-16H2,1-2H3,(H,47,56)(H,51,52). The minimum Gasteiger partial charge on any atom is -0.474 e. The second kappa shape index (κ2) is 14.8. The molecular formula is C39H32ClF6N9O4S. The summed E-state index contributed by atoms with van der Waals surface area (Å²) in [6.07, 6.45) is 2.65. The Morgan fingerprint density at radius 1 is 1.07 bits per heavy atom. The van der Waals surface area contributed by atoms with Crippen molar-refractivity contribution in [3.05, 3.63) is 110 Å². The summed E-state index contributed by atoms with van der Waals surface area (Å²) in [5.74, 6) is -8.49. The highest BCUT2D eigenvalue weighted by atomic mass is 35.5. The average Bonchev–Trinajstić information content (AvgIpc) is 3.38. The summed E-state index contributed by atoms with van der Waals surface area (Å²) in [7, 11) is -0.0674. The molecule has 0 saturated heterocycles. The second-order valence-corrected chi connectivity index (χ2v) is 16.4. The van der Waals surface area contributed by atoms with Crippen molar-refractivity contribution in [2.45, 2.75) is 62.6 Å². The predicted molar refractivity (Wildman–Crippen MR) is 208 cm³/mol. The van der Waals surface area contributed by atoms with E-state index in [0.717, 1.165) is 16.7 Å². The first-order chi connectivity index (χ1) is 28.6. The number of aromatic nitrogens is 7. The number of amides is 1. The van der Waals surface area contributed by atoms with Gasteiger partial charge in [0.15, 0.2) is 11.5 Å². The molecule has 4 atom stereocenters. The van der Waals surface area contributed by atoms with Gasteiger partial charge < -0.3 is 10.1 Å². The summed E-state index contributed by atoms with van der Waals surface area (Å²) >= 11 is 6.66. The molecule has 1 saturated carbocycles. The lowest BCUT2D eigenvalue weighted by molar-refractivity contribution is -0.123. The van der Waals surface area contributed by atoms with E-state index in [-0.39, 0.29) is 73.8 Å². The fourth-order valence-corrected chi connectivity index (χ4v) is 8.99. The Bertz CT molecular complexity index is 2850. The molecule has 60 heavy (non-hydrogen) atoms. The number of benzene rings is 2. The number of pyridine rings is 1. The first-order valence-corrected chi connectivity index (χ1v) is 20.5. The van der Waals surface area contributed by atoms with E-state index in [1.807, 2.05) is 12.2 Å². The van der Waals surface area contributed by atoms with Crippen molar-refractivity contribution in [3.8, 4) is 11.6 Å². The van der Waals surface area contributed by atoms with Crippen LogP contribution in [0.4, 0.5) is 32.2 Å². The number of hydrogen-bond acceptors (Lipinski definition) is 8. The lowest BCUT2D eigenvalue weighted by Crippen LogP contribution is -2.38. The highest BCUT2D eigenvalue weighted by molar-refractivity contribution is 7.85. The van der Waals surface area contributed by atoms with E-state index in [1.54, 1.807) is 7.05 Å². The zero-order chi connectivity index (χ0) is 42.4. The number of hydrogen-bond donors (Lipinski definition) is 2. The van der Waals surface area contributed by atoms with Crippen molar-refractivity contribution >= 4 is 56.2 Å². The Morgan fingerprint density at radius 2 is 1.80 bits per heavy atom. The van der Waals surface area contributed by atoms with Gasteiger partial charge in [0, 0.05) is 56.2 Å². The Balaban J connectivity index is 1.23. The minimum absolute atomic E-state index is 0.00978. The van der Waals surface area contributed by atoms with Crippen LogP contribution < -0.4 is 20.3 Å². The molecule has 4 heterocycles. The molecule has 2 N–H and O–H groups in total. The zero-order valence-corrected chi connectivity index (χ0v) is 33.0. The summed E-state index contributed by atoms with van der Waals surface area (Å²) < 4.78 is 113. The molecule has 0 radical (unpaired) electrons. The van der Waals surface area contributed by atoms with Gasteiger partial charge in [-0.15, -0.1) is 0 Å². The smallest absolute Gasteiger partial charge is 0.293 e. The van der Waals surface area contributed by atoms with Crippen molar-refractivity contribution in [1.29, 1.82) is 0 Å². The van der Waals surface area contributed by atoms with Crippen LogP contribution in [0.25, 0.3) is 27.6 Å². The monoisotopic (exact) mass is 871 g/mol. The van der Waals surface area contributed by atoms with Gasteiger partial charge in [0.05, 0.1) is 33.0 Å². The molecule has 3 aliphatic carbocycles. The summed E-state index contributed by atoms with van der Waals surface area (Å²) in [4.78, 5) is 38.3. The quantitative estimate of drug-likeness (QED) is 0.100. The number of carbonyl (C=O) groups is 1. The van der Waals surface area contributed by atoms with Crippen LogP contribution in [0.15, 0.2) is 59.4 Å². The molecule has 6 aromatic rings. The van der Waals surface area contributed by atoms with E-state index >= 15 is 8.78 Å². The van der Waals surface area contributed by atoms with Gasteiger partial charge >= 0.3 is 0 Å². The number of carbonyl (C=O) groups excluding carboxylic acids is 1. The molecule has 4 unspecified atom stereocenters. The molecule has 3 aliphatic rings. The Morgan fingerprint density at radius 3 is 2.50 bits per heavy atom. The number of anilines is 1. The van der Waals surface area contributed by atoms with E-state index in [2.05, 4.69) is 25.2 Å². The van der Waals surface area contributed by atoms with Crippen LogP contribution >= 0.6 is 11.6 Å². The Labute approximate surface area is 343 Å². The molecule has 0 aliphatic heterocycles. The van der Waals surface area contributed by atoms with E-state index < -0.39 is 88.7 Å². The van der Waals surface area contributed by atoms with E-state index in [1.165, 1.54) is 35.2 Å². The number of fused-ring (bicyclic) bond motifs is 5. The van der Waals surface area contributed by atoms with Crippen molar-refractivity contribution in [3.63, 3.8) is 0 Å². The van der Waals surface area contributed by atoms with Gasteiger partial charge in [-0.2, -0.15) is 24.0 Å². The summed E-state index contributed by atoms with van der Waals surface area (Å²) in [5.41, 5.74) is -2.43. The lowest BCUT2D eigenvalue weighted by Gasteiger charge is -2.24. The molecule has 4 aromatic heterocycles. The molecule has 1 amide bonds. The summed E-state index contributed by atoms with van der Waals surface area (Å²) in [6, 6.07) is 7.02. The molecule has 1 fully saturated rings. The molecule has 9 rings (SSSR count). The minimum atomic E-state index is -3.53. The summed E-state index contributed by atoms with van der Waals surface area (Å²) in [5, 5.41) is 11.3. The molecular weight excluding hydrogens is 840 g/mol. The van der Waals surface area contributed by atoms with Gasteiger partial charge in [-0.05, 0) is 48.2 Å². The lowest BCUT2D eigenvalue weighted by atomic mass is 10.0. The van der Waals surface area contributed by atoms with Crippen LogP contribution in [-0.2, 0) is 41.7 Å². The van der Waals surface area contributed by atoms with Gasteiger partial charge in [-0.3, -0.25) is 28.2 Å². The molecule has 0 spiro atoms. The second-order valence-electron chi connectivity index (χ2n) is 14.9. The van der Waals surface area contributed by atoms with Crippen molar-refractivity contribution in [2.24, 2.45) is 13.0 Å². The number of rotatable bonds is 12. The van der Waals surface area contributed by atoms with Crippen LogP contribution in [0.2, 0.25) is 5.02 Å². The highest BCUT2D eigenvalue weighted by Gasteiger charge is 2.67. The molecule has 13 nitrogen and oxygen atoms in total. The van der Waals surface area contributed by atoms with Crippen LogP contribution in [0.5, 0.6) is 5.88 Å². The molecule has 312 valence electrons. The fraction of sp³-hybridized carbons (Fsp3) is 0.333. The third kappa shape index (κ3) is 6.88. The maximum Gasteiger partial charge on any atom is 0.293 e. The summed E-state index contributed by atoms with van der Waals surface area (Å²) in [6.45, 7) is -0.961. The highest BCUT2D eigenvalue weighted by Crippen LogP contribution is 2.68. The van der Waals surface area contributed by atoms with Crippen molar-refractivity contribution < 1.29 is 40.1 Å². The average molecular weight is 872 g/mol. The fourth-order valence-electron chi connectivity index (χ4n) is 8.33. The van der Waals surface area contributed by atoms with Crippen molar-refractivity contribution in [2.75, 3.05) is 11.0 Å². The third-order valence-electron chi connectivity index (χ3n) is 10.9. The first-order valence-electron chi connectivity index (χ1n) is 18.6. The van der Waals surface area contributed by atoms with E-state index in [0.29, 0.717) is 23.6 Å². The van der Waals surface area contributed by atoms with Gasteiger partial charge in [0.25, 0.3) is 17.9 Å². The number of ether oxygens (including phenoxy) is 1. The number of aryl methyl sites for hydroxylation is 1. The predicted octanol–water partition coefficient (Wildman–Crippen LogP) is 6.85. The molecule has 2 aromatic carbocycles. The maximum absolute atomic E-state index is 15.5. The van der Waals surface area contributed by atoms with E-state index in [9.17, 15) is 31.4 Å². The normalized spacial score (nSPS) is 18.9. The van der Waals surface area contributed by atoms with Crippen LogP contribution in [0.1, 0.15) is 66.0 Å². The first kappa shape index (κ1) is 39.7. The van der Waals surface area contributed by atoms with Crippen LogP contribution in [0, 0.1) is 17.6 Å². The number of alkyl halides is 4. The van der Waals surface area contributed by atoms with Gasteiger partial charge in [-0.25, -0.2) is 26.8 Å². The largest absolute Gasteiger partial charge is 0.474 e. The SMILES string of the molecule is Cn1nc(NS(C)=O)c2c(Cl)ccc(-n3c(C(Cc4cc(F)cc(F)c4)NC(=O)Cn4nc(C(F)F)c5c4C(F)(F)C4CC54)nc4nc(OC5CC=CC5)ccc4c3=O)c21.